The van der Waals surface area contributed by atoms with E-state index in [-0.39, 0.29) is 12.0 Å². The zero-order valence-electron chi connectivity index (χ0n) is 14.1. The average Bonchev–Trinajstić information content (AvgIpc) is 3.06. The van der Waals surface area contributed by atoms with E-state index >= 15 is 0 Å². The van der Waals surface area contributed by atoms with Gasteiger partial charge in [0.2, 0.25) is 5.91 Å². The lowest BCUT2D eigenvalue weighted by Crippen LogP contribution is -2.41. The average molecular weight is 404 g/mol. The van der Waals surface area contributed by atoms with E-state index in [1.807, 2.05) is 0 Å². The van der Waals surface area contributed by atoms with Crippen LogP contribution < -0.4 is 16.2 Å². The number of primary amides is 1. The number of benzene rings is 1. The SMILES string of the molecule is NC(=O)c1c(-c2ccc(Cl)cc2)csc1NC(=O)[C@@H]1CC=CC[C@H]1C(=O)[O-]. The first-order valence-electron chi connectivity index (χ1n) is 8.22. The quantitative estimate of drug-likeness (QED) is 0.746. The summed E-state index contributed by atoms with van der Waals surface area (Å²) < 4.78 is 0. The van der Waals surface area contributed by atoms with Crippen molar-refractivity contribution in [2.24, 2.45) is 17.6 Å². The zero-order chi connectivity index (χ0) is 19.6. The molecular formula is C19H16ClN2O4S-. The van der Waals surface area contributed by atoms with Gasteiger partial charge in [-0.2, -0.15) is 0 Å². The highest BCUT2D eigenvalue weighted by atomic mass is 35.5. The standard InChI is InChI=1S/C19H17ClN2O4S/c20-11-7-5-10(6-8-11)14-9-27-18(15(14)16(21)23)22-17(24)12-3-1-2-4-13(12)19(25)26/h1-2,5-9,12-13H,3-4H2,(H2,21,23)(H,22,24)(H,25,26)/p-1/t12-,13-/m1/s1. The van der Waals surface area contributed by atoms with Crippen LogP contribution in [0.1, 0.15) is 23.2 Å². The Bertz CT molecular complexity index is 920. The number of carbonyl (C=O) groups is 3. The molecule has 3 rings (SSSR count). The van der Waals surface area contributed by atoms with E-state index in [0.29, 0.717) is 22.0 Å². The van der Waals surface area contributed by atoms with Crippen LogP contribution in [0.2, 0.25) is 5.02 Å². The fourth-order valence-electron chi connectivity index (χ4n) is 3.11. The Morgan fingerprint density at radius 2 is 1.74 bits per heavy atom. The Kier molecular flexibility index (Phi) is 5.62. The van der Waals surface area contributed by atoms with E-state index in [4.69, 9.17) is 17.3 Å². The fourth-order valence-corrected chi connectivity index (χ4v) is 4.21. The van der Waals surface area contributed by atoms with Crippen molar-refractivity contribution in [3.8, 4) is 11.1 Å². The van der Waals surface area contributed by atoms with Crippen molar-refractivity contribution >= 4 is 45.7 Å². The summed E-state index contributed by atoms with van der Waals surface area (Å²) in [4.78, 5) is 36.0. The van der Waals surface area contributed by atoms with Gasteiger partial charge in [0.1, 0.15) is 5.00 Å². The number of carboxylic acids is 1. The Morgan fingerprint density at radius 1 is 1.11 bits per heavy atom. The summed E-state index contributed by atoms with van der Waals surface area (Å²) >= 11 is 7.05. The molecule has 0 spiro atoms. The molecule has 1 aliphatic carbocycles. The van der Waals surface area contributed by atoms with Gasteiger partial charge in [0, 0.05) is 27.9 Å². The third-order valence-corrected chi connectivity index (χ3v) is 5.65. The van der Waals surface area contributed by atoms with Crippen LogP contribution in [0.3, 0.4) is 0 Å². The van der Waals surface area contributed by atoms with Crippen molar-refractivity contribution in [3.63, 3.8) is 0 Å². The maximum absolute atomic E-state index is 12.6. The summed E-state index contributed by atoms with van der Waals surface area (Å²) in [6.07, 6.45) is 4.03. The monoisotopic (exact) mass is 403 g/mol. The van der Waals surface area contributed by atoms with E-state index in [9.17, 15) is 19.5 Å². The number of nitrogens with two attached hydrogens (primary N) is 1. The van der Waals surface area contributed by atoms with Gasteiger partial charge in [0.15, 0.2) is 0 Å². The van der Waals surface area contributed by atoms with E-state index in [1.54, 1.807) is 41.8 Å². The van der Waals surface area contributed by atoms with E-state index in [1.165, 1.54) is 0 Å². The molecule has 140 valence electrons. The highest BCUT2D eigenvalue weighted by molar-refractivity contribution is 7.15. The van der Waals surface area contributed by atoms with Crippen LogP contribution in [0.5, 0.6) is 0 Å². The molecule has 2 atom stereocenters. The first-order valence-corrected chi connectivity index (χ1v) is 9.48. The number of allylic oxidation sites excluding steroid dienone is 2. The third kappa shape index (κ3) is 4.04. The largest absolute Gasteiger partial charge is 0.550 e. The van der Waals surface area contributed by atoms with Crippen molar-refractivity contribution in [1.82, 2.24) is 0 Å². The summed E-state index contributed by atoms with van der Waals surface area (Å²) in [6.45, 7) is 0. The molecule has 1 heterocycles. The second kappa shape index (κ2) is 7.94. The Balaban J connectivity index is 1.90. The molecule has 3 N–H and O–H groups in total. The highest BCUT2D eigenvalue weighted by Gasteiger charge is 2.31. The van der Waals surface area contributed by atoms with E-state index in [2.05, 4.69) is 5.32 Å². The Labute approximate surface area is 164 Å². The summed E-state index contributed by atoms with van der Waals surface area (Å²) in [7, 11) is 0. The van der Waals surface area contributed by atoms with Crippen LogP contribution >= 0.6 is 22.9 Å². The lowest BCUT2D eigenvalue weighted by atomic mass is 9.82. The molecule has 0 aliphatic heterocycles. The molecule has 1 aromatic carbocycles. The summed E-state index contributed by atoms with van der Waals surface area (Å²) in [5.41, 5.74) is 7.04. The summed E-state index contributed by atoms with van der Waals surface area (Å²) in [5.74, 6) is -4.08. The number of carboxylic acid groups (broad SMARTS) is 1. The van der Waals surface area contributed by atoms with Gasteiger partial charge in [-0.25, -0.2) is 0 Å². The lowest BCUT2D eigenvalue weighted by molar-refractivity contribution is -0.313. The van der Waals surface area contributed by atoms with Crippen LogP contribution in [-0.4, -0.2) is 17.8 Å². The number of hydrogen-bond acceptors (Lipinski definition) is 5. The zero-order valence-corrected chi connectivity index (χ0v) is 15.7. The Hall–Kier alpha value is -2.64. The molecule has 2 aromatic rings. The maximum Gasteiger partial charge on any atom is 0.252 e. The molecule has 0 saturated carbocycles. The Morgan fingerprint density at radius 3 is 2.33 bits per heavy atom. The van der Waals surface area contributed by atoms with Crippen LogP contribution in [0.25, 0.3) is 11.1 Å². The number of amides is 2. The molecule has 2 amide bonds. The second-order valence-electron chi connectivity index (χ2n) is 6.19. The van der Waals surface area contributed by atoms with Gasteiger partial charge in [0.05, 0.1) is 11.5 Å². The summed E-state index contributed by atoms with van der Waals surface area (Å²) in [6, 6.07) is 6.88. The van der Waals surface area contributed by atoms with Gasteiger partial charge in [-0.3, -0.25) is 9.59 Å². The van der Waals surface area contributed by atoms with Gasteiger partial charge < -0.3 is 21.0 Å². The number of rotatable bonds is 5. The first-order chi connectivity index (χ1) is 12.9. The fraction of sp³-hybridized carbons (Fsp3) is 0.211. The number of hydrogen-bond donors (Lipinski definition) is 2. The van der Waals surface area contributed by atoms with Crippen molar-refractivity contribution in [2.75, 3.05) is 5.32 Å². The third-order valence-electron chi connectivity index (χ3n) is 4.50. The van der Waals surface area contributed by atoms with Gasteiger partial charge in [-0.05, 0) is 30.5 Å². The number of carbonyl (C=O) groups excluding carboxylic acids is 3. The first kappa shape index (κ1) is 19.1. The maximum atomic E-state index is 12.6. The predicted octanol–water partition coefficient (Wildman–Crippen LogP) is 2.44. The minimum Gasteiger partial charge on any atom is -0.550 e. The topological polar surface area (TPSA) is 112 Å². The number of anilines is 1. The van der Waals surface area contributed by atoms with Crippen molar-refractivity contribution in [1.29, 1.82) is 0 Å². The van der Waals surface area contributed by atoms with Gasteiger partial charge >= 0.3 is 0 Å². The van der Waals surface area contributed by atoms with Crippen LogP contribution in [0.15, 0.2) is 41.8 Å². The second-order valence-corrected chi connectivity index (χ2v) is 7.50. The summed E-state index contributed by atoms with van der Waals surface area (Å²) in [5, 5.41) is 16.6. The van der Waals surface area contributed by atoms with Crippen LogP contribution in [0.4, 0.5) is 5.00 Å². The van der Waals surface area contributed by atoms with E-state index < -0.39 is 29.6 Å². The van der Waals surface area contributed by atoms with Crippen LogP contribution in [-0.2, 0) is 9.59 Å². The lowest BCUT2D eigenvalue weighted by Gasteiger charge is -2.28. The molecule has 0 radical (unpaired) electrons. The van der Waals surface area contributed by atoms with Crippen molar-refractivity contribution in [3.05, 3.63) is 52.4 Å². The van der Waals surface area contributed by atoms with Gasteiger partial charge in [0.25, 0.3) is 5.91 Å². The van der Waals surface area contributed by atoms with Crippen molar-refractivity contribution in [2.45, 2.75) is 12.8 Å². The van der Waals surface area contributed by atoms with Crippen LogP contribution in [0, 0.1) is 11.8 Å². The molecule has 1 aliphatic rings. The van der Waals surface area contributed by atoms with Gasteiger partial charge in [-0.15, -0.1) is 11.3 Å². The molecule has 8 heteroatoms. The smallest absolute Gasteiger partial charge is 0.252 e. The number of aliphatic carboxylic acids is 1. The minimum absolute atomic E-state index is 0.187. The molecule has 1 aromatic heterocycles. The molecule has 0 unspecified atom stereocenters. The molecule has 6 nitrogen and oxygen atoms in total. The molecular weight excluding hydrogens is 388 g/mol. The highest BCUT2D eigenvalue weighted by Crippen LogP contribution is 2.37. The predicted molar refractivity (Wildman–Crippen MR) is 102 cm³/mol. The van der Waals surface area contributed by atoms with Gasteiger partial charge in [-0.1, -0.05) is 35.9 Å². The minimum atomic E-state index is -1.26. The van der Waals surface area contributed by atoms with Crippen molar-refractivity contribution < 1.29 is 19.5 Å². The molecule has 0 saturated heterocycles. The number of nitrogens with one attached hydrogen (secondary N) is 1. The molecule has 0 bridgehead atoms. The number of thiophene rings is 1. The molecule has 0 fully saturated rings. The number of halogens is 1. The normalized spacial score (nSPS) is 18.9. The molecule has 27 heavy (non-hydrogen) atoms. The van der Waals surface area contributed by atoms with E-state index in [0.717, 1.165) is 16.9 Å².